The van der Waals surface area contributed by atoms with Gasteiger partial charge in [-0.1, -0.05) is 23.7 Å². The third-order valence-electron chi connectivity index (χ3n) is 2.65. The topological polar surface area (TPSA) is 55.4 Å². The second-order valence-electron chi connectivity index (χ2n) is 4.40. The first-order valence-corrected chi connectivity index (χ1v) is 8.28. The first kappa shape index (κ1) is 17.2. The van der Waals surface area contributed by atoms with Crippen LogP contribution in [0.2, 0.25) is 5.02 Å². The van der Waals surface area contributed by atoms with E-state index in [1.54, 1.807) is 24.3 Å². The number of ether oxygens (including phenoxy) is 1. The highest BCUT2D eigenvalue weighted by atomic mass is 35.5. The molecule has 0 fully saturated rings. The lowest BCUT2D eigenvalue weighted by Crippen LogP contribution is -2.09. The van der Waals surface area contributed by atoms with Gasteiger partial charge in [-0.2, -0.15) is 8.78 Å². The summed E-state index contributed by atoms with van der Waals surface area (Å²) in [7, 11) is -3.73. The van der Waals surface area contributed by atoms with Gasteiger partial charge in [-0.25, -0.2) is 8.42 Å². The van der Waals surface area contributed by atoms with Gasteiger partial charge < -0.3 is 4.74 Å². The third-order valence-corrected chi connectivity index (χ3v) is 3.92. The highest BCUT2D eigenvalue weighted by Gasteiger charge is 2.07. The second-order valence-corrected chi connectivity index (χ2v) is 6.41. The summed E-state index contributed by atoms with van der Waals surface area (Å²) in [4.78, 5) is 0. The van der Waals surface area contributed by atoms with E-state index >= 15 is 0 Å². The monoisotopic (exact) mass is 359 g/mol. The molecule has 0 heterocycles. The molecule has 0 atom stereocenters. The van der Waals surface area contributed by atoms with Crippen molar-refractivity contribution < 1.29 is 21.9 Å². The molecule has 0 amide bonds. The fourth-order valence-corrected chi connectivity index (χ4v) is 2.64. The molecular weight excluding hydrogens is 348 g/mol. The van der Waals surface area contributed by atoms with Crippen LogP contribution >= 0.6 is 11.6 Å². The highest BCUT2D eigenvalue weighted by molar-refractivity contribution is 7.95. The average Bonchev–Trinajstić information content (AvgIpc) is 2.48. The van der Waals surface area contributed by atoms with Crippen molar-refractivity contribution in [3.8, 4) is 5.75 Å². The lowest BCUT2D eigenvalue weighted by Gasteiger charge is -2.07. The molecule has 23 heavy (non-hydrogen) atoms. The smallest absolute Gasteiger partial charge is 0.387 e. The van der Waals surface area contributed by atoms with Gasteiger partial charge in [-0.3, -0.25) is 4.72 Å². The van der Waals surface area contributed by atoms with E-state index in [9.17, 15) is 17.2 Å². The first-order valence-electron chi connectivity index (χ1n) is 6.35. The van der Waals surface area contributed by atoms with Crippen molar-refractivity contribution in [2.24, 2.45) is 0 Å². The van der Waals surface area contributed by atoms with Gasteiger partial charge in [0.2, 0.25) is 0 Å². The van der Waals surface area contributed by atoms with Crippen LogP contribution in [-0.4, -0.2) is 15.0 Å². The molecule has 2 rings (SSSR count). The molecule has 0 aliphatic rings. The molecule has 0 saturated heterocycles. The number of anilines is 1. The van der Waals surface area contributed by atoms with Gasteiger partial charge in [0.1, 0.15) is 5.75 Å². The van der Waals surface area contributed by atoms with Crippen LogP contribution in [-0.2, 0) is 10.0 Å². The zero-order chi connectivity index (χ0) is 16.9. The molecule has 0 spiro atoms. The molecule has 0 aliphatic heterocycles. The van der Waals surface area contributed by atoms with E-state index in [-0.39, 0.29) is 11.4 Å². The van der Waals surface area contributed by atoms with E-state index in [1.807, 2.05) is 0 Å². The molecule has 2 aromatic rings. The molecule has 1 N–H and O–H groups in total. The van der Waals surface area contributed by atoms with Gasteiger partial charge in [-0.05, 0) is 48.0 Å². The van der Waals surface area contributed by atoms with Crippen LogP contribution in [0, 0.1) is 0 Å². The maximum absolute atomic E-state index is 12.0. The van der Waals surface area contributed by atoms with E-state index < -0.39 is 16.6 Å². The Kier molecular flexibility index (Phi) is 5.57. The van der Waals surface area contributed by atoms with Gasteiger partial charge in [0.05, 0.1) is 5.41 Å². The largest absolute Gasteiger partial charge is 0.435 e. The quantitative estimate of drug-likeness (QED) is 0.834. The van der Waals surface area contributed by atoms with Gasteiger partial charge in [0.15, 0.2) is 0 Å². The van der Waals surface area contributed by atoms with Crippen molar-refractivity contribution in [2.45, 2.75) is 6.61 Å². The highest BCUT2D eigenvalue weighted by Crippen LogP contribution is 2.19. The molecule has 8 heteroatoms. The Morgan fingerprint density at radius 2 is 1.65 bits per heavy atom. The number of sulfonamides is 1. The minimum atomic E-state index is -3.73. The number of hydrogen-bond donors (Lipinski definition) is 1. The Bertz CT molecular complexity index is 775. The Labute approximate surface area is 137 Å². The molecule has 0 aromatic heterocycles. The summed E-state index contributed by atoms with van der Waals surface area (Å²) in [6.45, 7) is -2.93. The predicted octanol–water partition coefficient (Wildman–Crippen LogP) is 4.35. The van der Waals surface area contributed by atoms with Gasteiger partial charge in [0, 0.05) is 10.7 Å². The molecule has 0 bridgehead atoms. The van der Waals surface area contributed by atoms with Crippen molar-refractivity contribution >= 4 is 33.4 Å². The number of hydrogen-bond acceptors (Lipinski definition) is 3. The van der Waals surface area contributed by atoms with Crippen molar-refractivity contribution in [3.63, 3.8) is 0 Å². The second kappa shape index (κ2) is 7.43. The Morgan fingerprint density at radius 3 is 2.22 bits per heavy atom. The molecule has 0 saturated carbocycles. The number of halogens is 3. The van der Waals surface area contributed by atoms with Crippen molar-refractivity contribution in [1.82, 2.24) is 0 Å². The zero-order valence-electron chi connectivity index (χ0n) is 11.6. The van der Waals surface area contributed by atoms with E-state index in [1.165, 1.54) is 30.3 Å². The summed E-state index contributed by atoms with van der Waals surface area (Å²) < 4.78 is 54.4. The average molecular weight is 360 g/mol. The predicted molar refractivity (Wildman–Crippen MR) is 86.1 cm³/mol. The number of benzene rings is 2. The molecular formula is C15H12ClF2NO3S. The minimum Gasteiger partial charge on any atom is -0.435 e. The Balaban J connectivity index is 2.04. The Hall–Kier alpha value is -2.12. The summed E-state index contributed by atoms with van der Waals surface area (Å²) in [6, 6.07) is 11.8. The maximum Gasteiger partial charge on any atom is 0.387 e. The summed E-state index contributed by atoms with van der Waals surface area (Å²) in [5, 5.41) is 1.55. The molecule has 4 nitrogen and oxygen atoms in total. The first-order chi connectivity index (χ1) is 10.8. The van der Waals surface area contributed by atoms with Crippen LogP contribution < -0.4 is 9.46 Å². The SMILES string of the molecule is O=S(=O)(/C=C/c1ccc(Cl)cc1)Nc1ccc(OC(F)F)cc1. The van der Waals surface area contributed by atoms with Gasteiger partial charge in [-0.15, -0.1) is 0 Å². The fraction of sp³-hybridized carbons (Fsp3) is 0.0667. The van der Waals surface area contributed by atoms with Crippen LogP contribution in [0.4, 0.5) is 14.5 Å². The summed E-state index contributed by atoms with van der Waals surface area (Å²) in [5.41, 5.74) is 0.896. The molecule has 2 aromatic carbocycles. The normalized spacial score (nSPS) is 11.8. The summed E-state index contributed by atoms with van der Waals surface area (Å²) in [5.74, 6) is -0.0559. The lowest BCUT2D eigenvalue weighted by atomic mass is 10.2. The van der Waals surface area contributed by atoms with Crippen molar-refractivity contribution in [2.75, 3.05) is 4.72 Å². The standard InChI is InChI=1S/C15H12ClF2NO3S/c16-12-3-1-11(2-4-12)9-10-23(20,21)19-13-5-7-14(8-6-13)22-15(17)18/h1-10,15,19H/b10-9+. The Morgan fingerprint density at radius 1 is 1.04 bits per heavy atom. The fourth-order valence-electron chi connectivity index (χ4n) is 1.64. The van der Waals surface area contributed by atoms with Gasteiger partial charge >= 0.3 is 6.61 Å². The van der Waals surface area contributed by atoms with Crippen LogP contribution in [0.3, 0.4) is 0 Å². The number of alkyl halides is 2. The van der Waals surface area contributed by atoms with Crippen LogP contribution in [0.15, 0.2) is 53.9 Å². The van der Waals surface area contributed by atoms with E-state index in [0.717, 1.165) is 5.41 Å². The lowest BCUT2D eigenvalue weighted by molar-refractivity contribution is -0.0498. The van der Waals surface area contributed by atoms with Crippen molar-refractivity contribution in [3.05, 3.63) is 64.5 Å². The molecule has 0 unspecified atom stereocenters. The van der Waals surface area contributed by atoms with Crippen LogP contribution in [0.25, 0.3) is 6.08 Å². The zero-order valence-corrected chi connectivity index (χ0v) is 13.2. The van der Waals surface area contributed by atoms with E-state index in [0.29, 0.717) is 10.6 Å². The van der Waals surface area contributed by atoms with Crippen LogP contribution in [0.5, 0.6) is 5.75 Å². The summed E-state index contributed by atoms with van der Waals surface area (Å²) >= 11 is 5.74. The van der Waals surface area contributed by atoms with Gasteiger partial charge in [0.25, 0.3) is 10.0 Å². The van der Waals surface area contributed by atoms with E-state index in [4.69, 9.17) is 11.6 Å². The molecule has 122 valence electrons. The van der Waals surface area contributed by atoms with Crippen molar-refractivity contribution in [1.29, 1.82) is 0 Å². The third kappa shape index (κ3) is 5.88. The summed E-state index contributed by atoms with van der Waals surface area (Å²) in [6.07, 6.45) is 1.41. The number of nitrogens with one attached hydrogen (secondary N) is 1. The molecule has 0 aliphatic carbocycles. The maximum atomic E-state index is 12.0. The van der Waals surface area contributed by atoms with E-state index in [2.05, 4.69) is 9.46 Å². The molecule has 0 radical (unpaired) electrons. The van der Waals surface area contributed by atoms with Crippen LogP contribution in [0.1, 0.15) is 5.56 Å². The number of rotatable bonds is 6. The minimum absolute atomic E-state index is 0.0559.